The Hall–Kier alpha value is -1.42. The van der Waals surface area contributed by atoms with Crippen LogP contribution in [0.1, 0.15) is 35.8 Å². The number of pyridine rings is 1. The first-order valence-corrected chi connectivity index (χ1v) is 6.42. The first-order chi connectivity index (χ1) is 8.48. The van der Waals surface area contributed by atoms with Crippen LogP contribution in [0.15, 0.2) is 18.3 Å². The van der Waals surface area contributed by atoms with Crippen molar-refractivity contribution in [2.24, 2.45) is 0 Å². The number of aryl methyl sites for hydroxylation is 1. The number of amides is 1. The molecule has 4 nitrogen and oxygen atoms in total. The summed E-state index contributed by atoms with van der Waals surface area (Å²) in [7, 11) is 2.12. The first kappa shape index (κ1) is 13.0. The van der Waals surface area contributed by atoms with Crippen molar-refractivity contribution in [2.45, 2.75) is 32.2 Å². The van der Waals surface area contributed by atoms with Crippen LogP contribution in [0.3, 0.4) is 0 Å². The van der Waals surface area contributed by atoms with E-state index >= 15 is 0 Å². The SMILES string of the molecule is Cc1ccc(C(=O)NC2(C)CCN(C)CC2)cn1. The fraction of sp³-hybridized carbons (Fsp3) is 0.571. The molecule has 0 radical (unpaired) electrons. The van der Waals surface area contributed by atoms with Crippen molar-refractivity contribution in [2.75, 3.05) is 20.1 Å². The summed E-state index contributed by atoms with van der Waals surface area (Å²) in [5.41, 5.74) is 1.48. The van der Waals surface area contributed by atoms with Gasteiger partial charge in [0, 0.05) is 30.5 Å². The van der Waals surface area contributed by atoms with E-state index in [0.29, 0.717) is 5.56 Å². The van der Waals surface area contributed by atoms with Gasteiger partial charge in [0.15, 0.2) is 0 Å². The Morgan fingerprint density at radius 1 is 1.39 bits per heavy atom. The van der Waals surface area contributed by atoms with E-state index in [0.717, 1.165) is 31.6 Å². The number of likely N-dealkylation sites (tertiary alicyclic amines) is 1. The van der Waals surface area contributed by atoms with Gasteiger partial charge in [0.2, 0.25) is 0 Å². The van der Waals surface area contributed by atoms with E-state index in [-0.39, 0.29) is 11.4 Å². The topological polar surface area (TPSA) is 45.2 Å². The molecule has 1 saturated heterocycles. The predicted octanol–water partition coefficient (Wildman–Crippen LogP) is 1.60. The lowest BCUT2D eigenvalue weighted by molar-refractivity contribution is 0.0851. The maximum atomic E-state index is 12.1. The van der Waals surface area contributed by atoms with Crippen molar-refractivity contribution in [1.82, 2.24) is 15.2 Å². The van der Waals surface area contributed by atoms with Crippen LogP contribution in [0.4, 0.5) is 0 Å². The summed E-state index contributed by atoms with van der Waals surface area (Å²) in [5, 5.41) is 3.15. The maximum absolute atomic E-state index is 12.1. The zero-order valence-electron chi connectivity index (χ0n) is 11.4. The molecule has 0 aromatic carbocycles. The highest BCUT2D eigenvalue weighted by atomic mass is 16.1. The summed E-state index contributed by atoms with van der Waals surface area (Å²) in [6.07, 6.45) is 3.63. The van der Waals surface area contributed by atoms with Gasteiger partial charge in [0.1, 0.15) is 0 Å². The Morgan fingerprint density at radius 3 is 2.61 bits per heavy atom. The van der Waals surface area contributed by atoms with Gasteiger partial charge in [-0.05, 0) is 45.9 Å². The fourth-order valence-electron chi connectivity index (χ4n) is 2.19. The van der Waals surface area contributed by atoms with E-state index in [1.165, 1.54) is 0 Å². The summed E-state index contributed by atoms with van der Waals surface area (Å²) in [4.78, 5) is 18.6. The van der Waals surface area contributed by atoms with Gasteiger partial charge < -0.3 is 10.2 Å². The largest absolute Gasteiger partial charge is 0.347 e. The molecule has 0 unspecified atom stereocenters. The van der Waals surface area contributed by atoms with Gasteiger partial charge in [-0.15, -0.1) is 0 Å². The summed E-state index contributed by atoms with van der Waals surface area (Å²) in [6, 6.07) is 3.70. The number of nitrogens with zero attached hydrogens (tertiary/aromatic N) is 2. The minimum absolute atomic E-state index is 0.0189. The molecule has 1 aromatic rings. The van der Waals surface area contributed by atoms with Crippen LogP contribution in [0.2, 0.25) is 0 Å². The quantitative estimate of drug-likeness (QED) is 0.863. The molecule has 98 valence electrons. The molecule has 1 aromatic heterocycles. The molecule has 18 heavy (non-hydrogen) atoms. The molecular weight excluding hydrogens is 226 g/mol. The second kappa shape index (κ2) is 5.06. The molecule has 0 spiro atoms. The third-order valence-electron chi connectivity index (χ3n) is 3.68. The van der Waals surface area contributed by atoms with E-state index in [4.69, 9.17) is 0 Å². The zero-order valence-corrected chi connectivity index (χ0v) is 11.4. The first-order valence-electron chi connectivity index (χ1n) is 6.42. The smallest absolute Gasteiger partial charge is 0.253 e. The van der Waals surface area contributed by atoms with Crippen molar-refractivity contribution in [3.63, 3.8) is 0 Å². The van der Waals surface area contributed by atoms with Crippen molar-refractivity contribution in [3.05, 3.63) is 29.6 Å². The van der Waals surface area contributed by atoms with Gasteiger partial charge in [-0.25, -0.2) is 0 Å². The van der Waals surface area contributed by atoms with Crippen LogP contribution >= 0.6 is 0 Å². The maximum Gasteiger partial charge on any atom is 0.253 e. The summed E-state index contributed by atoms with van der Waals surface area (Å²) in [6.45, 7) is 6.10. The van der Waals surface area contributed by atoms with E-state index in [1.807, 2.05) is 19.1 Å². The van der Waals surface area contributed by atoms with Crippen LogP contribution in [-0.4, -0.2) is 41.5 Å². The van der Waals surface area contributed by atoms with Crippen molar-refractivity contribution in [1.29, 1.82) is 0 Å². The highest BCUT2D eigenvalue weighted by Crippen LogP contribution is 2.21. The minimum atomic E-state index is -0.0888. The molecule has 0 atom stereocenters. The van der Waals surface area contributed by atoms with Crippen LogP contribution < -0.4 is 5.32 Å². The Morgan fingerprint density at radius 2 is 2.06 bits per heavy atom. The monoisotopic (exact) mass is 247 g/mol. The zero-order chi connectivity index (χ0) is 13.2. The average molecular weight is 247 g/mol. The summed E-state index contributed by atoms with van der Waals surface area (Å²) >= 11 is 0. The number of carbonyl (C=O) groups is 1. The van der Waals surface area contributed by atoms with Gasteiger partial charge in [-0.1, -0.05) is 0 Å². The van der Waals surface area contributed by atoms with Crippen LogP contribution in [0.5, 0.6) is 0 Å². The molecule has 1 fully saturated rings. The van der Waals surface area contributed by atoms with Crippen molar-refractivity contribution < 1.29 is 4.79 Å². The third-order valence-corrected chi connectivity index (χ3v) is 3.68. The molecule has 0 aliphatic carbocycles. The molecule has 0 saturated carbocycles. The Bertz CT molecular complexity index is 419. The second-order valence-corrected chi connectivity index (χ2v) is 5.51. The van der Waals surface area contributed by atoms with Gasteiger partial charge >= 0.3 is 0 Å². The molecule has 2 rings (SSSR count). The van der Waals surface area contributed by atoms with E-state index in [2.05, 4.69) is 29.2 Å². The molecular formula is C14H21N3O. The lowest BCUT2D eigenvalue weighted by Crippen LogP contribution is -2.52. The van der Waals surface area contributed by atoms with Gasteiger partial charge in [-0.3, -0.25) is 9.78 Å². The van der Waals surface area contributed by atoms with Crippen LogP contribution in [0, 0.1) is 6.92 Å². The average Bonchev–Trinajstić information content (AvgIpc) is 2.34. The standard InChI is InChI=1S/C14H21N3O/c1-11-4-5-12(10-15-11)13(18)16-14(2)6-8-17(3)9-7-14/h4-5,10H,6-9H2,1-3H3,(H,16,18). The Labute approximate surface area is 108 Å². The molecule has 1 N–H and O–H groups in total. The number of nitrogens with one attached hydrogen (secondary N) is 1. The molecule has 2 heterocycles. The van der Waals surface area contributed by atoms with E-state index in [9.17, 15) is 4.79 Å². The third kappa shape index (κ3) is 3.07. The number of aromatic nitrogens is 1. The summed E-state index contributed by atoms with van der Waals surface area (Å²) in [5.74, 6) is -0.0189. The number of carbonyl (C=O) groups excluding carboxylic acids is 1. The lowest BCUT2D eigenvalue weighted by atomic mass is 9.89. The Kier molecular flexibility index (Phi) is 3.66. The van der Waals surface area contributed by atoms with Crippen molar-refractivity contribution in [3.8, 4) is 0 Å². The molecule has 1 amide bonds. The molecule has 1 aliphatic rings. The van der Waals surface area contributed by atoms with Gasteiger partial charge in [-0.2, -0.15) is 0 Å². The Balaban J connectivity index is 2.00. The van der Waals surface area contributed by atoms with Gasteiger partial charge in [0.25, 0.3) is 5.91 Å². The second-order valence-electron chi connectivity index (χ2n) is 5.51. The minimum Gasteiger partial charge on any atom is -0.347 e. The highest BCUT2D eigenvalue weighted by Gasteiger charge is 2.30. The number of piperidine rings is 1. The number of rotatable bonds is 2. The highest BCUT2D eigenvalue weighted by molar-refractivity contribution is 5.94. The fourth-order valence-corrected chi connectivity index (χ4v) is 2.19. The normalized spacial score (nSPS) is 19.5. The van der Waals surface area contributed by atoms with Crippen molar-refractivity contribution >= 4 is 5.91 Å². The summed E-state index contributed by atoms with van der Waals surface area (Å²) < 4.78 is 0. The number of hydrogen-bond donors (Lipinski definition) is 1. The van der Waals surface area contributed by atoms with Crippen LogP contribution in [0.25, 0.3) is 0 Å². The van der Waals surface area contributed by atoms with E-state index in [1.54, 1.807) is 6.20 Å². The lowest BCUT2D eigenvalue weighted by Gasteiger charge is -2.38. The molecule has 1 aliphatic heterocycles. The predicted molar refractivity (Wildman–Crippen MR) is 71.6 cm³/mol. The molecule has 0 bridgehead atoms. The molecule has 4 heteroatoms. The van der Waals surface area contributed by atoms with E-state index < -0.39 is 0 Å². The number of hydrogen-bond acceptors (Lipinski definition) is 3. The van der Waals surface area contributed by atoms with Crippen LogP contribution in [-0.2, 0) is 0 Å². The van der Waals surface area contributed by atoms with Gasteiger partial charge in [0.05, 0.1) is 5.56 Å².